The van der Waals surface area contributed by atoms with Crippen LogP contribution >= 0.6 is 0 Å². The Bertz CT molecular complexity index is 345. The molecule has 3 nitrogen and oxygen atoms in total. The molecule has 18 heavy (non-hydrogen) atoms. The van der Waals surface area contributed by atoms with Gasteiger partial charge in [-0.2, -0.15) is 0 Å². The molecular formula is C15H23NO2. The molecule has 100 valence electrons. The number of aliphatic hydroxyl groups excluding tert-OH is 1. The van der Waals surface area contributed by atoms with Gasteiger partial charge < -0.3 is 10.0 Å². The van der Waals surface area contributed by atoms with Gasteiger partial charge in [0.1, 0.15) is 0 Å². The van der Waals surface area contributed by atoms with Crippen LogP contribution in [0.3, 0.4) is 0 Å². The van der Waals surface area contributed by atoms with E-state index in [2.05, 4.69) is 0 Å². The van der Waals surface area contributed by atoms with E-state index in [1.165, 1.54) is 0 Å². The van der Waals surface area contributed by atoms with Gasteiger partial charge in [-0.3, -0.25) is 4.79 Å². The molecule has 1 aromatic rings. The van der Waals surface area contributed by atoms with E-state index in [4.69, 9.17) is 5.11 Å². The third kappa shape index (κ3) is 3.84. The summed E-state index contributed by atoms with van der Waals surface area (Å²) in [7, 11) is 0. The van der Waals surface area contributed by atoms with Crippen LogP contribution in [0.4, 0.5) is 0 Å². The van der Waals surface area contributed by atoms with Gasteiger partial charge in [-0.05, 0) is 18.4 Å². The van der Waals surface area contributed by atoms with Crippen LogP contribution in [0.2, 0.25) is 0 Å². The zero-order valence-corrected chi connectivity index (χ0v) is 11.3. The van der Waals surface area contributed by atoms with Gasteiger partial charge in [0.2, 0.25) is 5.91 Å². The second-order valence-corrected chi connectivity index (χ2v) is 4.42. The fraction of sp³-hybridized carbons (Fsp3) is 0.533. The molecule has 0 spiro atoms. The fourth-order valence-electron chi connectivity index (χ4n) is 2.18. The van der Waals surface area contributed by atoms with E-state index in [9.17, 15) is 4.79 Å². The molecule has 3 heteroatoms. The maximum atomic E-state index is 12.5. The van der Waals surface area contributed by atoms with Crippen LogP contribution in [-0.2, 0) is 4.79 Å². The van der Waals surface area contributed by atoms with E-state index in [1.807, 2.05) is 44.2 Å². The molecule has 0 bridgehead atoms. The van der Waals surface area contributed by atoms with E-state index in [0.717, 1.165) is 18.4 Å². The molecule has 1 rings (SSSR count). The SMILES string of the molecule is CCCN(CCO)C(=O)C(CC)c1ccccc1. The summed E-state index contributed by atoms with van der Waals surface area (Å²) in [6, 6.07) is 9.87. The van der Waals surface area contributed by atoms with Crippen LogP contribution in [0.25, 0.3) is 0 Å². The van der Waals surface area contributed by atoms with Crippen molar-refractivity contribution in [3.8, 4) is 0 Å². The molecule has 0 radical (unpaired) electrons. The van der Waals surface area contributed by atoms with Crippen LogP contribution in [-0.4, -0.2) is 35.6 Å². The number of benzene rings is 1. The van der Waals surface area contributed by atoms with Crippen molar-refractivity contribution in [3.63, 3.8) is 0 Å². The monoisotopic (exact) mass is 249 g/mol. The van der Waals surface area contributed by atoms with Gasteiger partial charge in [-0.15, -0.1) is 0 Å². The molecule has 0 saturated carbocycles. The third-order valence-corrected chi connectivity index (χ3v) is 3.08. The predicted molar refractivity (Wildman–Crippen MR) is 73.4 cm³/mol. The molecule has 0 aromatic heterocycles. The summed E-state index contributed by atoms with van der Waals surface area (Å²) < 4.78 is 0. The average molecular weight is 249 g/mol. The van der Waals surface area contributed by atoms with Crippen LogP contribution in [0.1, 0.15) is 38.2 Å². The lowest BCUT2D eigenvalue weighted by atomic mass is 9.95. The number of hydrogen-bond acceptors (Lipinski definition) is 2. The topological polar surface area (TPSA) is 40.5 Å². The summed E-state index contributed by atoms with van der Waals surface area (Å²) in [6.07, 6.45) is 1.70. The van der Waals surface area contributed by atoms with E-state index >= 15 is 0 Å². The van der Waals surface area contributed by atoms with Gasteiger partial charge in [-0.25, -0.2) is 0 Å². The molecule has 1 atom stereocenters. The first-order chi connectivity index (χ1) is 8.74. The summed E-state index contributed by atoms with van der Waals surface area (Å²) in [4.78, 5) is 14.2. The number of aliphatic hydroxyl groups is 1. The van der Waals surface area contributed by atoms with Crippen LogP contribution in [0.15, 0.2) is 30.3 Å². The highest BCUT2D eigenvalue weighted by Gasteiger charge is 2.23. The standard InChI is InChI=1S/C15H23NO2/c1-3-10-16(11-12-17)15(18)14(4-2)13-8-6-5-7-9-13/h5-9,14,17H,3-4,10-12H2,1-2H3. The quantitative estimate of drug-likeness (QED) is 0.806. The Morgan fingerprint density at radius 3 is 2.39 bits per heavy atom. The summed E-state index contributed by atoms with van der Waals surface area (Å²) >= 11 is 0. The lowest BCUT2D eigenvalue weighted by molar-refractivity contribution is -0.133. The average Bonchev–Trinajstić information content (AvgIpc) is 2.40. The Morgan fingerprint density at radius 1 is 1.22 bits per heavy atom. The summed E-state index contributed by atoms with van der Waals surface area (Å²) in [5.74, 6) is 0.0314. The van der Waals surface area contributed by atoms with Gasteiger partial charge in [0.25, 0.3) is 0 Å². The Balaban J connectivity index is 2.83. The molecule has 0 aliphatic heterocycles. The summed E-state index contributed by atoms with van der Waals surface area (Å²) in [5, 5.41) is 9.04. The van der Waals surface area contributed by atoms with Crippen molar-refractivity contribution in [1.82, 2.24) is 4.90 Å². The van der Waals surface area contributed by atoms with E-state index in [0.29, 0.717) is 13.1 Å². The van der Waals surface area contributed by atoms with E-state index in [1.54, 1.807) is 4.90 Å². The molecule has 1 amide bonds. The van der Waals surface area contributed by atoms with Crippen molar-refractivity contribution in [2.45, 2.75) is 32.6 Å². The van der Waals surface area contributed by atoms with Crippen molar-refractivity contribution in [3.05, 3.63) is 35.9 Å². The number of amides is 1. The number of carbonyl (C=O) groups is 1. The first-order valence-electron chi connectivity index (χ1n) is 6.69. The third-order valence-electron chi connectivity index (χ3n) is 3.08. The molecule has 0 aliphatic carbocycles. The molecule has 0 aliphatic rings. The fourth-order valence-corrected chi connectivity index (χ4v) is 2.18. The number of carbonyl (C=O) groups excluding carboxylic acids is 1. The summed E-state index contributed by atoms with van der Waals surface area (Å²) in [6.45, 7) is 5.23. The van der Waals surface area contributed by atoms with Crippen molar-refractivity contribution in [2.24, 2.45) is 0 Å². The van der Waals surface area contributed by atoms with Crippen molar-refractivity contribution in [1.29, 1.82) is 0 Å². The minimum absolute atomic E-state index is 0.0248. The van der Waals surface area contributed by atoms with Gasteiger partial charge in [0, 0.05) is 13.1 Å². The zero-order chi connectivity index (χ0) is 13.4. The molecule has 0 fully saturated rings. The minimum atomic E-state index is -0.0932. The maximum absolute atomic E-state index is 12.5. The Labute approximate surface area is 109 Å². The van der Waals surface area contributed by atoms with Gasteiger partial charge in [-0.1, -0.05) is 44.2 Å². The normalized spacial score (nSPS) is 12.2. The summed E-state index contributed by atoms with van der Waals surface area (Å²) in [5.41, 5.74) is 1.06. The first kappa shape index (κ1) is 14.7. The minimum Gasteiger partial charge on any atom is -0.395 e. The van der Waals surface area contributed by atoms with E-state index in [-0.39, 0.29) is 18.4 Å². The van der Waals surface area contributed by atoms with Crippen molar-refractivity contribution in [2.75, 3.05) is 19.7 Å². The highest BCUT2D eigenvalue weighted by atomic mass is 16.3. The van der Waals surface area contributed by atoms with Crippen LogP contribution in [0.5, 0.6) is 0 Å². The highest BCUT2D eigenvalue weighted by Crippen LogP contribution is 2.21. The first-order valence-corrected chi connectivity index (χ1v) is 6.69. The number of rotatable bonds is 7. The van der Waals surface area contributed by atoms with Crippen molar-refractivity contribution < 1.29 is 9.90 Å². The lowest BCUT2D eigenvalue weighted by Gasteiger charge is -2.26. The van der Waals surface area contributed by atoms with Gasteiger partial charge >= 0.3 is 0 Å². The van der Waals surface area contributed by atoms with Gasteiger partial charge in [0.05, 0.1) is 12.5 Å². The van der Waals surface area contributed by atoms with E-state index < -0.39 is 0 Å². The van der Waals surface area contributed by atoms with Crippen LogP contribution < -0.4 is 0 Å². The number of nitrogens with zero attached hydrogens (tertiary/aromatic N) is 1. The smallest absolute Gasteiger partial charge is 0.230 e. The Morgan fingerprint density at radius 2 is 1.89 bits per heavy atom. The second-order valence-electron chi connectivity index (χ2n) is 4.42. The molecule has 0 saturated heterocycles. The molecule has 1 N–H and O–H groups in total. The van der Waals surface area contributed by atoms with Crippen molar-refractivity contribution >= 4 is 5.91 Å². The molecule has 1 aromatic carbocycles. The van der Waals surface area contributed by atoms with Gasteiger partial charge in [0.15, 0.2) is 0 Å². The molecular weight excluding hydrogens is 226 g/mol. The molecule has 1 unspecified atom stereocenters. The molecule has 0 heterocycles. The number of hydrogen-bond donors (Lipinski definition) is 1. The zero-order valence-electron chi connectivity index (χ0n) is 11.3. The Kier molecular flexibility index (Phi) is 6.44. The maximum Gasteiger partial charge on any atom is 0.230 e. The largest absolute Gasteiger partial charge is 0.395 e. The predicted octanol–water partition coefficient (Wildman–Crippen LogP) is 2.41. The lowest BCUT2D eigenvalue weighted by Crippen LogP contribution is -2.37. The Hall–Kier alpha value is -1.35. The second kappa shape index (κ2) is 7.88. The highest BCUT2D eigenvalue weighted by molar-refractivity contribution is 5.83. The van der Waals surface area contributed by atoms with Crippen LogP contribution in [0, 0.1) is 0 Å².